The zero-order valence-corrected chi connectivity index (χ0v) is 15.7. The van der Waals surface area contributed by atoms with Crippen LogP contribution in [0.15, 0.2) is 48.5 Å². The Labute approximate surface area is 159 Å². The first kappa shape index (κ1) is 19.0. The topological polar surface area (TPSA) is 42.0 Å². The number of hydrogen-bond donors (Lipinski definition) is 0. The zero-order chi connectivity index (χ0) is 19.2. The highest BCUT2D eigenvalue weighted by Crippen LogP contribution is 2.22. The Morgan fingerprint density at radius 3 is 2.33 bits per heavy atom. The highest BCUT2D eigenvalue weighted by atomic mass is 19.1. The van der Waals surface area contributed by atoms with Gasteiger partial charge in [-0.1, -0.05) is 19.1 Å². The third-order valence-corrected chi connectivity index (χ3v) is 4.78. The van der Waals surface area contributed by atoms with Crippen molar-refractivity contribution in [3.8, 4) is 11.5 Å². The molecule has 0 aromatic heterocycles. The standard InChI is InChI=1S/C21H25FN2O3/c1-3-19(27-20-7-5-4-6-18(20)22)21(25)24-14-12-23(13-15-24)16-8-10-17(26-2)11-9-16/h4-11,19H,3,12-15H2,1-2H3/t19-/m1/s1. The van der Waals surface area contributed by atoms with Gasteiger partial charge in [-0.2, -0.15) is 0 Å². The van der Waals surface area contributed by atoms with Crippen molar-refractivity contribution in [2.75, 3.05) is 38.2 Å². The van der Waals surface area contributed by atoms with Gasteiger partial charge in [0.2, 0.25) is 0 Å². The molecule has 1 saturated heterocycles. The Morgan fingerprint density at radius 2 is 1.74 bits per heavy atom. The Balaban J connectivity index is 1.58. The van der Waals surface area contributed by atoms with Crippen molar-refractivity contribution < 1.29 is 18.7 Å². The van der Waals surface area contributed by atoms with Crippen LogP contribution in [-0.4, -0.2) is 50.2 Å². The average Bonchev–Trinajstić information content (AvgIpc) is 2.73. The number of nitrogens with zero attached hydrogens (tertiary/aromatic N) is 2. The van der Waals surface area contributed by atoms with Gasteiger partial charge in [-0.3, -0.25) is 4.79 Å². The summed E-state index contributed by atoms with van der Waals surface area (Å²) in [6, 6.07) is 14.1. The maximum Gasteiger partial charge on any atom is 0.263 e. The van der Waals surface area contributed by atoms with Crippen LogP contribution >= 0.6 is 0 Å². The normalized spacial score (nSPS) is 15.4. The summed E-state index contributed by atoms with van der Waals surface area (Å²) in [5.74, 6) is 0.404. The fraction of sp³-hybridized carbons (Fsp3) is 0.381. The molecular weight excluding hydrogens is 347 g/mol. The van der Waals surface area contributed by atoms with Crippen molar-refractivity contribution in [1.29, 1.82) is 0 Å². The van der Waals surface area contributed by atoms with Crippen LogP contribution in [0.2, 0.25) is 0 Å². The summed E-state index contributed by atoms with van der Waals surface area (Å²) < 4.78 is 24.7. The molecule has 0 saturated carbocycles. The molecule has 2 aromatic carbocycles. The van der Waals surface area contributed by atoms with E-state index in [2.05, 4.69) is 4.90 Å². The van der Waals surface area contributed by atoms with Crippen molar-refractivity contribution in [2.24, 2.45) is 0 Å². The maximum absolute atomic E-state index is 13.8. The van der Waals surface area contributed by atoms with E-state index in [1.54, 1.807) is 30.2 Å². The van der Waals surface area contributed by atoms with E-state index in [0.29, 0.717) is 19.5 Å². The highest BCUT2D eigenvalue weighted by Gasteiger charge is 2.28. The fourth-order valence-electron chi connectivity index (χ4n) is 3.18. The Kier molecular flexibility index (Phi) is 6.16. The van der Waals surface area contributed by atoms with Gasteiger partial charge >= 0.3 is 0 Å². The summed E-state index contributed by atoms with van der Waals surface area (Å²) in [5.41, 5.74) is 1.11. The summed E-state index contributed by atoms with van der Waals surface area (Å²) >= 11 is 0. The minimum Gasteiger partial charge on any atom is -0.497 e. The van der Waals surface area contributed by atoms with Gasteiger partial charge in [0, 0.05) is 31.9 Å². The second-order valence-corrected chi connectivity index (χ2v) is 6.46. The Hall–Kier alpha value is -2.76. The van der Waals surface area contributed by atoms with E-state index < -0.39 is 11.9 Å². The number of methoxy groups -OCH3 is 1. The van der Waals surface area contributed by atoms with Gasteiger partial charge in [-0.25, -0.2) is 4.39 Å². The molecule has 0 aliphatic carbocycles. The first-order chi connectivity index (χ1) is 13.1. The number of carbonyl (C=O) groups is 1. The SMILES string of the molecule is CC[C@@H](Oc1ccccc1F)C(=O)N1CCN(c2ccc(OC)cc2)CC1. The van der Waals surface area contributed by atoms with Gasteiger partial charge in [0.25, 0.3) is 5.91 Å². The van der Waals surface area contributed by atoms with Crippen molar-refractivity contribution in [1.82, 2.24) is 4.90 Å². The van der Waals surface area contributed by atoms with Crippen LogP contribution in [0.4, 0.5) is 10.1 Å². The monoisotopic (exact) mass is 372 g/mol. The number of halogens is 1. The molecule has 1 fully saturated rings. The summed E-state index contributed by atoms with van der Waals surface area (Å²) in [6.07, 6.45) is -0.180. The lowest BCUT2D eigenvalue weighted by Crippen LogP contribution is -2.52. The molecule has 5 nitrogen and oxygen atoms in total. The molecule has 1 aliphatic rings. The van der Waals surface area contributed by atoms with Gasteiger partial charge in [-0.15, -0.1) is 0 Å². The van der Waals surface area contributed by atoms with Crippen LogP contribution in [0, 0.1) is 5.82 Å². The summed E-state index contributed by atoms with van der Waals surface area (Å²) in [6.45, 7) is 4.59. The molecule has 1 aliphatic heterocycles. The van der Waals surface area contributed by atoms with E-state index in [1.165, 1.54) is 6.07 Å². The van der Waals surface area contributed by atoms with E-state index >= 15 is 0 Å². The molecule has 3 rings (SSSR count). The van der Waals surface area contributed by atoms with Gasteiger partial charge in [0.1, 0.15) is 5.75 Å². The van der Waals surface area contributed by atoms with Gasteiger partial charge < -0.3 is 19.3 Å². The maximum atomic E-state index is 13.8. The Bertz CT molecular complexity index is 758. The Morgan fingerprint density at radius 1 is 1.07 bits per heavy atom. The molecule has 27 heavy (non-hydrogen) atoms. The highest BCUT2D eigenvalue weighted by molar-refractivity contribution is 5.81. The quantitative estimate of drug-likeness (QED) is 0.780. The molecular formula is C21H25FN2O3. The number of carbonyl (C=O) groups excluding carboxylic acids is 1. The third kappa shape index (κ3) is 4.51. The molecule has 2 aromatic rings. The predicted octanol–water partition coefficient (Wildman–Crippen LogP) is 3.34. The first-order valence-corrected chi connectivity index (χ1v) is 9.21. The largest absolute Gasteiger partial charge is 0.497 e. The molecule has 0 unspecified atom stereocenters. The molecule has 1 amide bonds. The zero-order valence-electron chi connectivity index (χ0n) is 15.7. The fourth-order valence-corrected chi connectivity index (χ4v) is 3.18. The minimum atomic E-state index is -0.672. The summed E-state index contributed by atoms with van der Waals surface area (Å²) in [7, 11) is 1.65. The number of rotatable bonds is 6. The molecule has 144 valence electrons. The number of benzene rings is 2. The lowest BCUT2D eigenvalue weighted by atomic mass is 10.2. The summed E-state index contributed by atoms with van der Waals surface area (Å²) in [5, 5.41) is 0. The average molecular weight is 372 g/mol. The second-order valence-electron chi connectivity index (χ2n) is 6.46. The smallest absolute Gasteiger partial charge is 0.263 e. The molecule has 1 heterocycles. The second kappa shape index (κ2) is 8.75. The third-order valence-electron chi connectivity index (χ3n) is 4.78. The van der Waals surface area contributed by atoms with E-state index in [4.69, 9.17) is 9.47 Å². The van der Waals surface area contributed by atoms with E-state index in [9.17, 15) is 9.18 Å². The van der Waals surface area contributed by atoms with E-state index in [1.807, 2.05) is 31.2 Å². The van der Waals surface area contributed by atoms with Crippen LogP contribution < -0.4 is 14.4 Å². The lowest BCUT2D eigenvalue weighted by molar-refractivity contribution is -0.139. The van der Waals surface area contributed by atoms with E-state index in [0.717, 1.165) is 24.5 Å². The number of hydrogen-bond acceptors (Lipinski definition) is 4. The molecule has 0 N–H and O–H groups in total. The molecule has 1 atom stereocenters. The molecule has 0 radical (unpaired) electrons. The number of piperazine rings is 1. The van der Waals surface area contributed by atoms with Crippen LogP contribution in [-0.2, 0) is 4.79 Å². The number of anilines is 1. The minimum absolute atomic E-state index is 0.0878. The predicted molar refractivity (Wildman–Crippen MR) is 103 cm³/mol. The van der Waals surface area contributed by atoms with Crippen molar-refractivity contribution >= 4 is 11.6 Å². The number of para-hydroxylation sites is 1. The molecule has 6 heteroatoms. The summed E-state index contributed by atoms with van der Waals surface area (Å²) in [4.78, 5) is 16.9. The van der Waals surface area contributed by atoms with Crippen LogP contribution in [0.1, 0.15) is 13.3 Å². The van der Waals surface area contributed by atoms with Crippen molar-refractivity contribution in [2.45, 2.75) is 19.4 Å². The van der Waals surface area contributed by atoms with Crippen molar-refractivity contribution in [3.63, 3.8) is 0 Å². The van der Waals surface area contributed by atoms with Gasteiger partial charge in [0.05, 0.1) is 7.11 Å². The van der Waals surface area contributed by atoms with Gasteiger partial charge in [0.15, 0.2) is 17.7 Å². The first-order valence-electron chi connectivity index (χ1n) is 9.21. The number of amides is 1. The molecule has 0 spiro atoms. The van der Waals surface area contributed by atoms with E-state index in [-0.39, 0.29) is 11.7 Å². The van der Waals surface area contributed by atoms with Crippen LogP contribution in [0.5, 0.6) is 11.5 Å². The number of ether oxygens (including phenoxy) is 2. The van der Waals surface area contributed by atoms with Gasteiger partial charge in [-0.05, 0) is 42.8 Å². The van der Waals surface area contributed by atoms with Crippen LogP contribution in [0.25, 0.3) is 0 Å². The van der Waals surface area contributed by atoms with Crippen LogP contribution in [0.3, 0.4) is 0 Å². The lowest BCUT2D eigenvalue weighted by Gasteiger charge is -2.37. The van der Waals surface area contributed by atoms with Crippen molar-refractivity contribution in [3.05, 3.63) is 54.3 Å². The molecule has 0 bridgehead atoms.